The molecule has 0 unspecified atom stereocenters. The van der Waals surface area contributed by atoms with E-state index in [4.69, 9.17) is 39.5 Å². The van der Waals surface area contributed by atoms with Crippen LogP contribution in [0.1, 0.15) is 23.9 Å². The lowest BCUT2D eigenvalue weighted by atomic mass is 10.2. The van der Waals surface area contributed by atoms with Crippen LogP contribution in [0, 0.1) is 13.8 Å². The average Bonchev–Trinajstić information content (AvgIpc) is 3.20. The van der Waals surface area contributed by atoms with Crippen molar-refractivity contribution in [3.05, 3.63) is 105 Å². The monoisotopic (exact) mass is 632 g/mol. The molecule has 0 saturated heterocycles. The van der Waals surface area contributed by atoms with Gasteiger partial charge in [0.25, 0.3) is 15.9 Å². The zero-order valence-corrected chi connectivity index (χ0v) is 25.5. The van der Waals surface area contributed by atoms with Crippen LogP contribution in [0.25, 0.3) is 5.69 Å². The Hall–Kier alpha value is -3.50. The van der Waals surface area contributed by atoms with Gasteiger partial charge in [-0.2, -0.15) is 5.10 Å². The first-order valence-electron chi connectivity index (χ1n) is 12.5. The molecule has 214 valence electrons. The van der Waals surface area contributed by atoms with E-state index in [1.807, 2.05) is 24.5 Å². The van der Waals surface area contributed by atoms with Crippen molar-refractivity contribution in [3.8, 4) is 11.4 Å². The molecule has 0 fully saturated rings. The second-order valence-electron chi connectivity index (χ2n) is 8.95. The van der Waals surface area contributed by atoms with Crippen molar-refractivity contribution >= 4 is 62.6 Å². The molecule has 3 aromatic carbocycles. The predicted octanol–water partition coefficient (Wildman–Crippen LogP) is 6.80. The number of nitrogens with zero attached hydrogens (tertiary/aromatic N) is 3. The number of hydrogen-bond donors (Lipinski definition) is 1. The highest BCUT2D eigenvalue weighted by atomic mass is 35.5. The van der Waals surface area contributed by atoms with Gasteiger partial charge in [0, 0.05) is 37.7 Å². The summed E-state index contributed by atoms with van der Waals surface area (Å²) < 4.78 is 36.0. The highest BCUT2D eigenvalue weighted by Crippen LogP contribution is 2.33. The molecule has 0 aliphatic carbocycles. The molecule has 4 rings (SSSR count). The molecular weight excluding hydrogens is 607 g/mol. The van der Waals surface area contributed by atoms with Gasteiger partial charge in [-0.15, -0.1) is 0 Å². The van der Waals surface area contributed by atoms with Crippen LogP contribution in [0.3, 0.4) is 0 Å². The van der Waals surface area contributed by atoms with E-state index in [0.29, 0.717) is 27.4 Å². The van der Waals surface area contributed by atoms with Crippen molar-refractivity contribution in [2.24, 2.45) is 5.10 Å². The van der Waals surface area contributed by atoms with Crippen LogP contribution in [0.2, 0.25) is 15.1 Å². The maximum atomic E-state index is 13.7. The Morgan fingerprint density at radius 3 is 2.29 bits per heavy atom. The van der Waals surface area contributed by atoms with Crippen molar-refractivity contribution in [1.82, 2.24) is 9.99 Å². The van der Waals surface area contributed by atoms with Crippen LogP contribution in [0.15, 0.2) is 82.8 Å². The molecule has 1 aromatic heterocycles. The third-order valence-electron chi connectivity index (χ3n) is 6.09. The highest BCUT2D eigenvalue weighted by Gasteiger charge is 2.29. The number of hydrazone groups is 1. The molecule has 41 heavy (non-hydrogen) atoms. The van der Waals surface area contributed by atoms with Crippen molar-refractivity contribution in [2.45, 2.75) is 25.7 Å². The van der Waals surface area contributed by atoms with Gasteiger partial charge in [-0.25, -0.2) is 13.8 Å². The summed E-state index contributed by atoms with van der Waals surface area (Å²) in [7, 11) is -4.17. The summed E-state index contributed by atoms with van der Waals surface area (Å²) in [6.07, 6.45) is 1.50. The number of benzene rings is 3. The fourth-order valence-electron chi connectivity index (χ4n) is 4.30. The fraction of sp³-hybridized carbons (Fsp3) is 0.172. The third kappa shape index (κ3) is 7.05. The van der Waals surface area contributed by atoms with E-state index in [2.05, 4.69) is 10.5 Å². The van der Waals surface area contributed by atoms with Gasteiger partial charge < -0.3 is 9.30 Å². The number of carbonyl (C=O) groups is 1. The van der Waals surface area contributed by atoms with Gasteiger partial charge in [-0.05, 0) is 81.4 Å². The second-order valence-corrected chi connectivity index (χ2v) is 12.1. The lowest BCUT2D eigenvalue weighted by Gasteiger charge is -2.25. The molecule has 0 aliphatic heterocycles. The molecule has 4 aromatic rings. The van der Waals surface area contributed by atoms with E-state index < -0.39 is 22.5 Å². The predicted molar refractivity (Wildman–Crippen MR) is 165 cm³/mol. The summed E-state index contributed by atoms with van der Waals surface area (Å²) in [5.74, 6) is -0.335. The normalized spacial score (nSPS) is 11.6. The number of hydrogen-bond acceptors (Lipinski definition) is 5. The first-order valence-corrected chi connectivity index (χ1v) is 15.1. The summed E-state index contributed by atoms with van der Waals surface area (Å²) in [5.41, 5.74) is 5.93. The molecule has 1 heterocycles. The molecule has 0 spiro atoms. The summed E-state index contributed by atoms with van der Waals surface area (Å²) >= 11 is 18.3. The van der Waals surface area contributed by atoms with Crippen molar-refractivity contribution in [3.63, 3.8) is 0 Å². The minimum atomic E-state index is -4.17. The Morgan fingerprint density at radius 2 is 1.63 bits per heavy atom. The smallest absolute Gasteiger partial charge is 0.264 e. The van der Waals surface area contributed by atoms with Crippen LogP contribution >= 0.6 is 34.8 Å². The van der Waals surface area contributed by atoms with Gasteiger partial charge in [-0.3, -0.25) is 9.10 Å². The van der Waals surface area contributed by atoms with Crippen molar-refractivity contribution in [1.29, 1.82) is 0 Å². The van der Waals surface area contributed by atoms with Gasteiger partial charge in [0.05, 0.1) is 23.4 Å². The van der Waals surface area contributed by atoms with Gasteiger partial charge in [-0.1, -0.05) is 46.9 Å². The molecule has 1 amide bonds. The minimum absolute atomic E-state index is 0.0296. The summed E-state index contributed by atoms with van der Waals surface area (Å²) in [6.45, 7) is 5.37. The number of sulfonamides is 1. The number of rotatable bonds is 10. The number of ether oxygens (including phenoxy) is 1. The molecule has 0 saturated carbocycles. The maximum Gasteiger partial charge on any atom is 0.264 e. The molecule has 8 nitrogen and oxygen atoms in total. The topological polar surface area (TPSA) is 93.0 Å². The quantitative estimate of drug-likeness (QED) is 0.154. The number of nitrogens with one attached hydrogen (secondary N) is 1. The van der Waals surface area contributed by atoms with E-state index >= 15 is 0 Å². The molecule has 0 bridgehead atoms. The number of amides is 1. The van der Waals surface area contributed by atoms with Crippen LogP contribution in [-0.2, 0) is 14.8 Å². The summed E-state index contributed by atoms with van der Waals surface area (Å²) in [4.78, 5) is 13.0. The molecule has 12 heteroatoms. The van der Waals surface area contributed by atoms with E-state index in [0.717, 1.165) is 26.9 Å². The van der Waals surface area contributed by atoms with E-state index in [-0.39, 0.29) is 10.6 Å². The Kier molecular flexibility index (Phi) is 9.65. The molecular formula is C29H27Cl3N4O4S. The fourth-order valence-corrected chi connectivity index (χ4v) is 6.37. The zero-order chi connectivity index (χ0) is 29.7. The average molecular weight is 634 g/mol. The third-order valence-corrected chi connectivity index (χ3v) is 8.55. The van der Waals surface area contributed by atoms with E-state index in [1.165, 1.54) is 30.5 Å². The van der Waals surface area contributed by atoms with Gasteiger partial charge in [0.2, 0.25) is 0 Å². The molecule has 1 N–H and O–H groups in total. The minimum Gasteiger partial charge on any atom is -0.492 e. The van der Waals surface area contributed by atoms with Crippen LogP contribution in [-0.4, -0.2) is 38.3 Å². The van der Waals surface area contributed by atoms with Gasteiger partial charge in [0.15, 0.2) is 0 Å². The van der Waals surface area contributed by atoms with Crippen molar-refractivity contribution < 1.29 is 17.9 Å². The highest BCUT2D eigenvalue weighted by molar-refractivity contribution is 7.92. The first-order chi connectivity index (χ1) is 19.5. The standard InChI is InChI=1S/C29H27Cl3N4O4S/c1-4-40-28-8-6-5-7-27(28)35(41(38,39)26-11-9-22(30)10-12-26)18-29(37)34-33-17-21-13-19(2)36(20(21)3)25-15-23(31)14-24(32)16-25/h5-17H,4,18H2,1-3H3,(H,34,37)/b33-17-. The Balaban J connectivity index is 1.60. The molecule has 0 aliphatic rings. The van der Waals surface area contributed by atoms with Crippen LogP contribution in [0.5, 0.6) is 5.75 Å². The van der Waals surface area contributed by atoms with Crippen molar-refractivity contribution in [2.75, 3.05) is 17.5 Å². The molecule has 0 radical (unpaired) electrons. The summed E-state index contributed by atoms with van der Waals surface area (Å²) in [6, 6.07) is 19.5. The molecule has 0 atom stereocenters. The van der Waals surface area contributed by atoms with Crippen LogP contribution < -0.4 is 14.5 Å². The number of carbonyl (C=O) groups excluding carboxylic acids is 1. The van der Waals surface area contributed by atoms with Gasteiger partial charge >= 0.3 is 0 Å². The number of aromatic nitrogens is 1. The Bertz CT molecular complexity index is 1680. The van der Waals surface area contributed by atoms with Gasteiger partial charge in [0.1, 0.15) is 12.3 Å². The number of aryl methyl sites for hydroxylation is 1. The Morgan fingerprint density at radius 1 is 0.976 bits per heavy atom. The lowest BCUT2D eigenvalue weighted by molar-refractivity contribution is -0.119. The number of halogens is 3. The lowest BCUT2D eigenvalue weighted by Crippen LogP contribution is -2.39. The van der Waals surface area contributed by atoms with E-state index in [1.54, 1.807) is 49.4 Å². The SMILES string of the molecule is CCOc1ccccc1N(CC(=O)N/N=C\c1cc(C)n(-c2cc(Cl)cc(Cl)c2)c1C)S(=O)(=O)c1ccc(Cl)cc1. The Labute approximate surface area is 254 Å². The zero-order valence-electron chi connectivity index (χ0n) is 22.4. The number of para-hydroxylation sites is 2. The maximum absolute atomic E-state index is 13.7. The summed E-state index contributed by atoms with van der Waals surface area (Å²) in [5, 5.41) is 5.49. The largest absolute Gasteiger partial charge is 0.492 e. The van der Waals surface area contributed by atoms with E-state index in [9.17, 15) is 13.2 Å². The number of anilines is 1. The van der Waals surface area contributed by atoms with Crippen LogP contribution in [0.4, 0.5) is 5.69 Å². The second kappa shape index (κ2) is 13.0. The first kappa shape index (κ1) is 30.5.